The van der Waals surface area contributed by atoms with Gasteiger partial charge < -0.3 is 15.7 Å². The predicted octanol–water partition coefficient (Wildman–Crippen LogP) is 1.95. The minimum atomic E-state index is 0.157. The molecule has 2 atom stereocenters. The van der Waals surface area contributed by atoms with Crippen LogP contribution in [-0.2, 0) is 5.41 Å². The predicted molar refractivity (Wildman–Crippen MR) is 74.7 cm³/mol. The van der Waals surface area contributed by atoms with Gasteiger partial charge in [0.2, 0.25) is 0 Å². The number of hydrogen-bond acceptors (Lipinski definition) is 3. The van der Waals surface area contributed by atoms with Crippen molar-refractivity contribution in [1.29, 1.82) is 0 Å². The summed E-state index contributed by atoms with van der Waals surface area (Å²) in [4.78, 5) is 2.44. The van der Waals surface area contributed by atoms with E-state index in [2.05, 4.69) is 24.8 Å². The van der Waals surface area contributed by atoms with E-state index in [4.69, 9.17) is 5.73 Å². The number of nitrogens with two attached hydrogens (primary N) is 1. The van der Waals surface area contributed by atoms with Crippen LogP contribution >= 0.6 is 0 Å². The fraction of sp³-hybridized carbons (Fsp3) is 0.600. The zero-order chi connectivity index (χ0) is 13.2. The standard InChI is InChI=1S/C15H24N2O/c1-12-11-17(9-7-16)8-6-15(12,2)13-4-3-5-14(18)10-13/h3-5,10,12,18H,6-9,11,16H2,1-2H3/t12-,15+/m0/s1. The second-order valence-electron chi connectivity index (χ2n) is 5.71. The van der Waals surface area contributed by atoms with E-state index in [0.29, 0.717) is 11.7 Å². The van der Waals surface area contributed by atoms with Gasteiger partial charge in [-0.05, 0) is 42.0 Å². The molecule has 1 aromatic rings. The third kappa shape index (κ3) is 2.52. The normalized spacial score (nSPS) is 29.4. The van der Waals surface area contributed by atoms with Gasteiger partial charge in [-0.25, -0.2) is 0 Å². The third-order valence-electron chi connectivity index (χ3n) is 4.52. The van der Waals surface area contributed by atoms with Gasteiger partial charge in [0.25, 0.3) is 0 Å². The zero-order valence-corrected chi connectivity index (χ0v) is 11.4. The summed E-state index contributed by atoms with van der Waals surface area (Å²) in [7, 11) is 0. The summed E-state index contributed by atoms with van der Waals surface area (Å²) in [6, 6.07) is 7.72. The Morgan fingerprint density at radius 3 is 2.89 bits per heavy atom. The maximum atomic E-state index is 9.65. The molecule has 100 valence electrons. The van der Waals surface area contributed by atoms with Crippen molar-refractivity contribution < 1.29 is 5.11 Å². The molecule has 0 unspecified atom stereocenters. The molecule has 3 N–H and O–H groups in total. The fourth-order valence-electron chi connectivity index (χ4n) is 2.99. The second-order valence-corrected chi connectivity index (χ2v) is 5.71. The molecule has 0 radical (unpaired) electrons. The lowest BCUT2D eigenvalue weighted by molar-refractivity contribution is 0.114. The van der Waals surface area contributed by atoms with E-state index in [9.17, 15) is 5.11 Å². The Morgan fingerprint density at radius 1 is 1.50 bits per heavy atom. The van der Waals surface area contributed by atoms with E-state index in [1.54, 1.807) is 6.07 Å². The van der Waals surface area contributed by atoms with Crippen LogP contribution in [0.1, 0.15) is 25.8 Å². The summed E-state index contributed by atoms with van der Waals surface area (Å²) in [5, 5.41) is 9.65. The number of nitrogens with zero attached hydrogens (tertiary/aromatic N) is 1. The first kappa shape index (κ1) is 13.4. The van der Waals surface area contributed by atoms with Gasteiger partial charge >= 0.3 is 0 Å². The Kier molecular flexibility index (Phi) is 3.93. The summed E-state index contributed by atoms with van der Waals surface area (Å²) in [6.45, 7) is 8.51. The Labute approximate surface area is 110 Å². The molecule has 1 aliphatic heterocycles. The van der Waals surface area contributed by atoms with E-state index < -0.39 is 0 Å². The van der Waals surface area contributed by atoms with E-state index >= 15 is 0 Å². The summed E-state index contributed by atoms with van der Waals surface area (Å²) in [5.74, 6) is 0.935. The molecule has 1 saturated heterocycles. The Balaban J connectivity index is 2.17. The molecule has 1 fully saturated rings. The van der Waals surface area contributed by atoms with Gasteiger partial charge in [-0.15, -0.1) is 0 Å². The van der Waals surface area contributed by atoms with Crippen molar-refractivity contribution in [1.82, 2.24) is 4.90 Å². The summed E-state index contributed by atoms with van der Waals surface area (Å²) in [6.07, 6.45) is 1.12. The topological polar surface area (TPSA) is 49.5 Å². The van der Waals surface area contributed by atoms with Crippen molar-refractivity contribution in [3.63, 3.8) is 0 Å². The van der Waals surface area contributed by atoms with Crippen LogP contribution in [-0.4, -0.2) is 36.2 Å². The smallest absolute Gasteiger partial charge is 0.115 e. The number of rotatable bonds is 3. The van der Waals surface area contributed by atoms with Gasteiger partial charge in [0.15, 0.2) is 0 Å². The fourth-order valence-corrected chi connectivity index (χ4v) is 2.99. The lowest BCUT2D eigenvalue weighted by atomic mass is 9.68. The van der Waals surface area contributed by atoms with E-state index in [1.165, 1.54) is 5.56 Å². The summed E-state index contributed by atoms with van der Waals surface area (Å²) in [5.41, 5.74) is 7.04. The molecule has 0 spiro atoms. The van der Waals surface area contributed by atoms with Crippen molar-refractivity contribution >= 4 is 0 Å². The van der Waals surface area contributed by atoms with Crippen molar-refractivity contribution in [2.75, 3.05) is 26.2 Å². The lowest BCUT2D eigenvalue weighted by Gasteiger charge is -2.45. The molecule has 18 heavy (non-hydrogen) atoms. The highest BCUT2D eigenvalue weighted by molar-refractivity contribution is 5.33. The van der Waals surface area contributed by atoms with Crippen LogP contribution in [0.25, 0.3) is 0 Å². The quantitative estimate of drug-likeness (QED) is 0.859. The van der Waals surface area contributed by atoms with Gasteiger partial charge in [-0.1, -0.05) is 26.0 Å². The minimum Gasteiger partial charge on any atom is -0.508 e. The van der Waals surface area contributed by atoms with Gasteiger partial charge in [0.1, 0.15) is 5.75 Å². The molecular formula is C15H24N2O. The van der Waals surface area contributed by atoms with Crippen LogP contribution in [0.4, 0.5) is 0 Å². The van der Waals surface area contributed by atoms with Crippen LogP contribution in [0, 0.1) is 5.92 Å². The van der Waals surface area contributed by atoms with Crippen LogP contribution in [0.3, 0.4) is 0 Å². The molecule has 0 aliphatic carbocycles. The van der Waals surface area contributed by atoms with Gasteiger partial charge in [-0.3, -0.25) is 0 Å². The zero-order valence-electron chi connectivity index (χ0n) is 11.4. The molecule has 1 heterocycles. The number of benzene rings is 1. The van der Waals surface area contributed by atoms with Crippen molar-refractivity contribution in [2.45, 2.75) is 25.7 Å². The monoisotopic (exact) mass is 248 g/mol. The maximum absolute atomic E-state index is 9.65. The first-order chi connectivity index (χ1) is 8.56. The Hall–Kier alpha value is -1.06. The minimum absolute atomic E-state index is 0.157. The van der Waals surface area contributed by atoms with Crippen LogP contribution in [0.2, 0.25) is 0 Å². The maximum Gasteiger partial charge on any atom is 0.115 e. The number of likely N-dealkylation sites (tertiary alicyclic amines) is 1. The number of piperidine rings is 1. The number of phenols is 1. The third-order valence-corrected chi connectivity index (χ3v) is 4.52. The molecule has 1 aromatic carbocycles. The van der Waals surface area contributed by atoms with Gasteiger partial charge in [0.05, 0.1) is 0 Å². The van der Waals surface area contributed by atoms with E-state index in [-0.39, 0.29) is 5.41 Å². The van der Waals surface area contributed by atoms with Crippen LogP contribution in [0.5, 0.6) is 5.75 Å². The highest BCUT2D eigenvalue weighted by Gasteiger charge is 2.37. The first-order valence-corrected chi connectivity index (χ1v) is 6.78. The average Bonchev–Trinajstić information content (AvgIpc) is 2.34. The SMILES string of the molecule is C[C@H]1CN(CCN)CC[C@@]1(C)c1cccc(O)c1. The van der Waals surface area contributed by atoms with Crippen LogP contribution in [0.15, 0.2) is 24.3 Å². The highest BCUT2D eigenvalue weighted by atomic mass is 16.3. The van der Waals surface area contributed by atoms with Gasteiger partial charge in [0, 0.05) is 19.6 Å². The Bertz CT molecular complexity index is 407. The summed E-state index contributed by atoms with van der Waals surface area (Å²) < 4.78 is 0. The first-order valence-electron chi connectivity index (χ1n) is 6.78. The highest BCUT2D eigenvalue weighted by Crippen LogP contribution is 2.40. The summed E-state index contributed by atoms with van der Waals surface area (Å²) >= 11 is 0. The molecule has 0 saturated carbocycles. The van der Waals surface area contributed by atoms with Crippen molar-refractivity contribution in [3.8, 4) is 5.75 Å². The number of aromatic hydroxyl groups is 1. The second kappa shape index (κ2) is 5.29. The number of phenolic OH excluding ortho intramolecular Hbond substituents is 1. The van der Waals surface area contributed by atoms with Gasteiger partial charge in [-0.2, -0.15) is 0 Å². The average molecular weight is 248 g/mol. The van der Waals surface area contributed by atoms with Crippen molar-refractivity contribution in [2.24, 2.45) is 11.7 Å². The molecule has 2 rings (SSSR count). The van der Waals surface area contributed by atoms with Crippen LogP contribution < -0.4 is 5.73 Å². The molecule has 3 heteroatoms. The lowest BCUT2D eigenvalue weighted by Crippen LogP contribution is -2.48. The molecule has 0 amide bonds. The van der Waals surface area contributed by atoms with Crippen molar-refractivity contribution in [3.05, 3.63) is 29.8 Å². The molecule has 1 aliphatic rings. The molecule has 3 nitrogen and oxygen atoms in total. The molecule has 0 bridgehead atoms. The largest absolute Gasteiger partial charge is 0.508 e. The molecule has 0 aromatic heterocycles. The Morgan fingerprint density at radius 2 is 2.28 bits per heavy atom. The van der Waals surface area contributed by atoms with E-state index in [0.717, 1.165) is 32.6 Å². The number of hydrogen-bond donors (Lipinski definition) is 2. The molecular weight excluding hydrogens is 224 g/mol. The van der Waals surface area contributed by atoms with E-state index in [1.807, 2.05) is 12.1 Å².